The first-order valence-corrected chi connectivity index (χ1v) is 9.16. The van der Waals surface area contributed by atoms with Gasteiger partial charge in [0.05, 0.1) is 13.2 Å². The molecule has 3 heterocycles. The second-order valence-corrected chi connectivity index (χ2v) is 6.93. The largest absolute Gasteiger partial charge is 0.379 e. The average molecular weight is 342 g/mol. The van der Waals surface area contributed by atoms with Crippen LogP contribution in [0.1, 0.15) is 12.0 Å². The lowest BCUT2D eigenvalue weighted by Gasteiger charge is -2.28. The number of benzene rings is 1. The summed E-state index contributed by atoms with van der Waals surface area (Å²) < 4.78 is 5.37. The lowest BCUT2D eigenvalue weighted by molar-refractivity contribution is -0.128. The fourth-order valence-corrected chi connectivity index (χ4v) is 3.77. The molecule has 6 heteroatoms. The summed E-state index contributed by atoms with van der Waals surface area (Å²) in [6.07, 6.45) is 2.58. The molecule has 0 saturated carbocycles. The molecule has 134 valence electrons. The number of amides is 1. The lowest BCUT2D eigenvalue weighted by Crippen LogP contribution is -2.42. The van der Waals surface area contributed by atoms with Crippen LogP contribution in [0.25, 0.3) is 10.9 Å². The normalized spacial score (nSPS) is 22.2. The number of carbonyl (C=O) groups excluding carboxylic acids is 1. The van der Waals surface area contributed by atoms with Gasteiger partial charge in [-0.1, -0.05) is 12.1 Å². The number of likely N-dealkylation sites (tertiary alicyclic amines) is 1. The van der Waals surface area contributed by atoms with Gasteiger partial charge in [0, 0.05) is 68.8 Å². The van der Waals surface area contributed by atoms with Crippen LogP contribution < -0.4 is 5.32 Å². The van der Waals surface area contributed by atoms with Crippen molar-refractivity contribution in [3.63, 3.8) is 0 Å². The highest BCUT2D eigenvalue weighted by Gasteiger charge is 2.29. The van der Waals surface area contributed by atoms with Crippen LogP contribution in [-0.4, -0.2) is 72.7 Å². The molecule has 2 aromatic rings. The van der Waals surface area contributed by atoms with E-state index in [1.54, 1.807) is 0 Å². The quantitative estimate of drug-likeness (QED) is 0.828. The van der Waals surface area contributed by atoms with E-state index in [0.717, 1.165) is 58.0 Å². The van der Waals surface area contributed by atoms with Crippen LogP contribution in [0, 0.1) is 0 Å². The van der Waals surface area contributed by atoms with Crippen LogP contribution in [-0.2, 0) is 16.1 Å². The zero-order chi connectivity index (χ0) is 17.1. The van der Waals surface area contributed by atoms with Gasteiger partial charge in [-0.3, -0.25) is 9.69 Å². The second-order valence-electron chi connectivity index (χ2n) is 6.93. The standard InChI is InChI=1S/C19H26N4O2/c24-19-12-16(14-23(19)7-6-22-8-10-25-11-9-22)21-13-15-2-1-3-18-17(15)4-5-20-18/h1-5,16,20-21H,6-14H2/t16-/m1/s1. The van der Waals surface area contributed by atoms with Gasteiger partial charge in [0.15, 0.2) is 0 Å². The van der Waals surface area contributed by atoms with Crippen molar-refractivity contribution >= 4 is 16.8 Å². The summed E-state index contributed by atoms with van der Waals surface area (Å²) in [6, 6.07) is 8.67. The fourth-order valence-electron chi connectivity index (χ4n) is 3.77. The third-order valence-corrected chi connectivity index (χ3v) is 5.27. The van der Waals surface area contributed by atoms with Crippen molar-refractivity contribution in [2.75, 3.05) is 45.9 Å². The molecule has 2 N–H and O–H groups in total. The molecule has 4 rings (SSSR count). The van der Waals surface area contributed by atoms with Gasteiger partial charge in [-0.05, 0) is 17.7 Å². The van der Waals surface area contributed by atoms with E-state index in [2.05, 4.69) is 39.5 Å². The summed E-state index contributed by atoms with van der Waals surface area (Å²) in [5.41, 5.74) is 2.44. The van der Waals surface area contributed by atoms with Gasteiger partial charge in [-0.2, -0.15) is 0 Å². The highest BCUT2D eigenvalue weighted by molar-refractivity contribution is 5.83. The minimum Gasteiger partial charge on any atom is -0.379 e. The number of aromatic nitrogens is 1. The number of hydrogen-bond donors (Lipinski definition) is 2. The van der Waals surface area contributed by atoms with Crippen LogP contribution in [0.3, 0.4) is 0 Å². The Hall–Kier alpha value is -1.89. The molecule has 1 amide bonds. The number of morpholine rings is 1. The van der Waals surface area contributed by atoms with Crippen molar-refractivity contribution in [3.05, 3.63) is 36.0 Å². The molecule has 2 aliphatic heterocycles. The lowest BCUT2D eigenvalue weighted by atomic mass is 10.1. The maximum absolute atomic E-state index is 12.3. The van der Waals surface area contributed by atoms with E-state index in [4.69, 9.17) is 4.74 Å². The average Bonchev–Trinajstić information content (AvgIpc) is 3.26. The van der Waals surface area contributed by atoms with E-state index < -0.39 is 0 Å². The maximum atomic E-state index is 12.3. The minimum atomic E-state index is 0.242. The molecule has 25 heavy (non-hydrogen) atoms. The number of nitrogens with one attached hydrogen (secondary N) is 2. The predicted octanol–water partition coefficient (Wildman–Crippen LogP) is 1.19. The number of fused-ring (bicyclic) bond motifs is 1. The molecule has 0 aliphatic carbocycles. The molecule has 2 aliphatic rings. The van der Waals surface area contributed by atoms with Crippen LogP contribution in [0.15, 0.2) is 30.5 Å². The molecular formula is C19H26N4O2. The topological polar surface area (TPSA) is 60.6 Å². The summed E-state index contributed by atoms with van der Waals surface area (Å²) >= 11 is 0. The van der Waals surface area contributed by atoms with Crippen LogP contribution >= 0.6 is 0 Å². The fraction of sp³-hybridized carbons (Fsp3) is 0.526. The molecule has 0 spiro atoms. The Morgan fingerprint density at radius 3 is 2.96 bits per heavy atom. The third-order valence-electron chi connectivity index (χ3n) is 5.27. The molecule has 2 fully saturated rings. The molecule has 2 saturated heterocycles. The Balaban J connectivity index is 1.28. The van der Waals surface area contributed by atoms with Crippen LogP contribution in [0.4, 0.5) is 0 Å². The highest BCUT2D eigenvalue weighted by atomic mass is 16.5. The Morgan fingerprint density at radius 2 is 2.08 bits per heavy atom. The predicted molar refractivity (Wildman–Crippen MR) is 97.4 cm³/mol. The number of nitrogens with zero attached hydrogens (tertiary/aromatic N) is 2. The Bertz CT molecular complexity index is 723. The summed E-state index contributed by atoms with van der Waals surface area (Å²) in [7, 11) is 0. The molecule has 0 unspecified atom stereocenters. The second kappa shape index (κ2) is 7.56. The van der Waals surface area contributed by atoms with Crippen molar-refractivity contribution in [1.82, 2.24) is 20.1 Å². The van der Waals surface area contributed by atoms with Crippen LogP contribution in [0.5, 0.6) is 0 Å². The number of H-pyrrole nitrogens is 1. The smallest absolute Gasteiger partial charge is 0.224 e. The van der Waals surface area contributed by atoms with Crippen LogP contribution in [0.2, 0.25) is 0 Å². The zero-order valence-electron chi connectivity index (χ0n) is 14.5. The molecular weight excluding hydrogens is 316 g/mol. The SMILES string of the molecule is O=C1C[C@@H](NCc2cccc3[nH]ccc23)CN1CCN1CCOCC1. The highest BCUT2D eigenvalue weighted by Crippen LogP contribution is 2.18. The van der Waals surface area contributed by atoms with E-state index in [0.29, 0.717) is 6.42 Å². The maximum Gasteiger partial charge on any atom is 0.224 e. The summed E-state index contributed by atoms with van der Waals surface area (Å²) in [4.78, 5) is 19.9. The van der Waals surface area contributed by atoms with Crippen molar-refractivity contribution in [1.29, 1.82) is 0 Å². The monoisotopic (exact) mass is 342 g/mol. The van der Waals surface area contributed by atoms with Gasteiger partial charge in [0.25, 0.3) is 0 Å². The van der Waals surface area contributed by atoms with Gasteiger partial charge in [0.1, 0.15) is 0 Å². The van der Waals surface area contributed by atoms with E-state index in [1.807, 2.05) is 11.1 Å². The van der Waals surface area contributed by atoms with Crippen molar-refractivity contribution in [2.24, 2.45) is 0 Å². The Labute approximate surface area is 148 Å². The van der Waals surface area contributed by atoms with Gasteiger partial charge >= 0.3 is 0 Å². The van der Waals surface area contributed by atoms with Crippen molar-refractivity contribution in [2.45, 2.75) is 19.0 Å². The summed E-state index contributed by atoms with van der Waals surface area (Å²) in [5, 5.41) is 4.82. The molecule has 0 radical (unpaired) electrons. The number of carbonyl (C=O) groups is 1. The number of ether oxygens (including phenoxy) is 1. The van der Waals surface area contributed by atoms with E-state index in [9.17, 15) is 4.79 Å². The zero-order valence-corrected chi connectivity index (χ0v) is 14.5. The van der Waals surface area contributed by atoms with Gasteiger partial charge in [0.2, 0.25) is 5.91 Å². The first-order valence-electron chi connectivity index (χ1n) is 9.16. The Kier molecular flexibility index (Phi) is 5.01. The third kappa shape index (κ3) is 3.86. The van der Waals surface area contributed by atoms with Gasteiger partial charge in [-0.25, -0.2) is 0 Å². The summed E-state index contributed by atoms with van der Waals surface area (Å²) in [6.45, 7) is 6.95. The van der Waals surface area contributed by atoms with Gasteiger partial charge < -0.3 is 19.9 Å². The van der Waals surface area contributed by atoms with E-state index >= 15 is 0 Å². The molecule has 1 atom stereocenters. The first kappa shape index (κ1) is 16.6. The minimum absolute atomic E-state index is 0.242. The van der Waals surface area contributed by atoms with E-state index in [1.165, 1.54) is 10.9 Å². The van der Waals surface area contributed by atoms with Crippen molar-refractivity contribution in [3.8, 4) is 0 Å². The van der Waals surface area contributed by atoms with Crippen molar-refractivity contribution < 1.29 is 9.53 Å². The molecule has 1 aromatic carbocycles. The molecule has 6 nitrogen and oxygen atoms in total. The molecule has 1 aromatic heterocycles. The number of aromatic amines is 1. The van der Waals surface area contributed by atoms with E-state index in [-0.39, 0.29) is 11.9 Å². The Morgan fingerprint density at radius 1 is 1.20 bits per heavy atom. The van der Waals surface area contributed by atoms with Gasteiger partial charge in [-0.15, -0.1) is 0 Å². The number of rotatable bonds is 6. The summed E-state index contributed by atoms with van der Waals surface area (Å²) in [5.74, 6) is 0.269. The molecule has 0 bridgehead atoms. The first-order chi connectivity index (χ1) is 12.3. The number of hydrogen-bond acceptors (Lipinski definition) is 4.